The molecule has 0 heterocycles. The lowest BCUT2D eigenvalue weighted by Gasteiger charge is -2.34. The molecule has 0 saturated heterocycles. The van der Waals surface area contributed by atoms with Crippen molar-refractivity contribution in [1.29, 1.82) is 0 Å². The predicted octanol–water partition coefficient (Wildman–Crippen LogP) is 8.11. The molecule has 0 bridgehead atoms. The number of hydrogen-bond acceptors (Lipinski definition) is 3. The van der Waals surface area contributed by atoms with Gasteiger partial charge in [0.1, 0.15) is 5.75 Å². The average molecular weight is 511 g/mol. The SMILES string of the molecule is COc1ccc(C(C(C(=O)c2ccccc2)c2ccccc2)C(C(=O)c2ccccc2)c2ccccc2)cc1. The number of carbonyl (C=O) groups is 2. The van der Waals surface area contributed by atoms with Crippen molar-refractivity contribution >= 4 is 11.6 Å². The molecule has 0 aliphatic rings. The largest absolute Gasteiger partial charge is 0.497 e. The number of ether oxygens (including phenoxy) is 1. The van der Waals surface area contributed by atoms with Crippen LogP contribution in [0, 0.1) is 0 Å². The second-order valence-corrected chi connectivity index (χ2v) is 9.54. The van der Waals surface area contributed by atoms with E-state index in [2.05, 4.69) is 0 Å². The number of benzene rings is 5. The van der Waals surface area contributed by atoms with Crippen molar-refractivity contribution in [2.24, 2.45) is 0 Å². The lowest BCUT2D eigenvalue weighted by atomic mass is 9.67. The minimum atomic E-state index is -0.611. The summed E-state index contributed by atoms with van der Waals surface area (Å²) in [4.78, 5) is 28.9. The van der Waals surface area contributed by atoms with Crippen molar-refractivity contribution in [3.63, 3.8) is 0 Å². The quantitative estimate of drug-likeness (QED) is 0.178. The smallest absolute Gasteiger partial charge is 0.170 e. The fourth-order valence-electron chi connectivity index (χ4n) is 5.33. The Labute approximate surface area is 229 Å². The zero-order chi connectivity index (χ0) is 27.0. The molecule has 2 atom stereocenters. The molecule has 39 heavy (non-hydrogen) atoms. The van der Waals surface area contributed by atoms with Gasteiger partial charge in [0.15, 0.2) is 11.6 Å². The molecule has 2 unspecified atom stereocenters. The highest BCUT2D eigenvalue weighted by atomic mass is 16.5. The number of ketones is 2. The highest BCUT2D eigenvalue weighted by Gasteiger charge is 2.41. The van der Waals surface area contributed by atoms with Crippen molar-refractivity contribution < 1.29 is 14.3 Å². The molecule has 192 valence electrons. The number of Topliss-reactive ketones (excluding diaryl/α,β-unsaturated/α-hetero) is 2. The minimum Gasteiger partial charge on any atom is -0.497 e. The lowest BCUT2D eigenvalue weighted by molar-refractivity contribution is 0.0899. The molecular weight excluding hydrogens is 480 g/mol. The third-order valence-electron chi connectivity index (χ3n) is 7.22. The Balaban J connectivity index is 1.77. The van der Waals surface area contributed by atoms with Gasteiger partial charge in [-0.15, -0.1) is 0 Å². The van der Waals surface area contributed by atoms with Crippen LogP contribution in [0.4, 0.5) is 0 Å². The van der Waals surface area contributed by atoms with Gasteiger partial charge in [-0.05, 0) is 28.8 Å². The van der Waals surface area contributed by atoms with E-state index in [0.29, 0.717) is 16.9 Å². The average Bonchev–Trinajstić information content (AvgIpc) is 3.02. The number of rotatable bonds is 10. The molecule has 3 nitrogen and oxygen atoms in total. The van der Waals surface area contributed by atoms with Crippen LogP contribution in [0.2, 0.25) is 0 Å². The second-order valence-electron chi connectivity index (χ2n) is 9.54. The monoisotopic (exact) mass is 510 g/mol. The molecule has 0 spiro atoms. The molecule has 0 N–H and O–H groups in total. The predicted molar refractivity (Wildman–Crippen MR) is 156 cm³/mol. The zero-order valence-electron chi connectivity index (χ0n) is 21.8. The Kier molecular flexibility index (Phi) is 8.09. The van der Waals surface area contributed by atoms with E-state index in [0.717, 1.165) is 16.7 Å². The van der Waals surface area contributed by atoms with Gasteiger partial charge in [0, 0.05) is 17.0 Å². The summed E-state index contributed by atoms with van der Waals surface area (Å²) < 4.78 is 5.44. The fraction of sp³-hybridized carbons (Fsp3) is 0.111. The van der Waals surface area contributed by atoms with Crippen molar-refractivity contribution in [1.82, 2.24) is 0 Å². The van der Waals surface area contributed by atoms with Gasteiger partial charge < -0.3 is 4.74 Å². The number of hydrogen-bond donors (Lipinski definition) is 0. The summed E-state index contributed by atoms with van der Waals surface area (Å²) in [6.07, 6.45) is 0. The molecule has 0 saturated carbocycles. The molecule has 0 aliphatic carbocycles. The fourth-order valence-corrected chi connectivity index (χ4v) is 5.33. The molecule has 3 heteroatoms. The molecule has 5 aromatic rings. The first-order valence-corrected chi connectivity index (χ1v) is 13.1. The van der Waals surface area contributed by atoms with Gasteiger partial charge in [-0.2, -0.15) is 0 Å². The van der Waals surface area contributed by atoms with Crippen LogP contribution in [-0.4, -0.2) is 18.7 Å². The van der Waals surface area contributed by atoms with E-state index in [1.807, 2.05) is 146 Å². The Morgan fingerprint density at radius 3 is 1.18 bits per heavy atom. The zero-order valence-corrected chi connectivity index (χ0v) is 21.8. The standard InChI is InChI=1S/C36H30O3/c1-39-31-24-22-28(23-25-31)32(33(26-14-6-2-7-15-26)35(37)29-18-10-4-11-19-29)34(27-16-8-3-9-17-27)36(38)30-20-12-5-13-21-30/h2-25,32-34H,1H3. The van der Waals surface area contributed by atoms with Gasteiger partial charge in [0.25, 0.3) is 0 Å². The van der Waals surface area contributed by atoms with Crippen molar-refractivity contribution in [2.75, 3.05) is 7.11 Å². The van der Waals surface area contributed by atoms with E-state index >= 15 is 0 Å². The Morgan fingerprint density at radius 1 is 0.462 bits per heavy atom. The summed E-state index contributed by atoms with van der Waals surface area (Å²) in [6.45, 7) is 0. The Morgan fingerprint density at radius 2 is 0.821 bits per heavy atom. The maximum Gasteiger partial charge on any atom is 0.170 e. The number of carbonyl (C=O) groups excluding carboxylic acids is 2. The first-order valence-electron chi connectivity index (χ1n) is 13.1. The van der Waals surface area contributed by atoms with Crippen LogP contribution in [-0.2, 0) is 0 Å². The van der Waals surface area contributed by atoms with Gasteiger partial charge in [-0.1, -0.05) is 133 Å². The number of methoxy groups -OCH3 is 1. The molecule has 0 amide bonds. The maximum atomic E-state index is 14.4. The second kappa shape index (κ2) is 12.2. The van der Waals surface area contributed by atoms with E-state index in [9.17, 15) is 9.59 Å². The van der Waals surface area contributed by atoms with Gasteiger partial charge in [-0.25, -0.2) is 0 Å². The topological polar surface area (TPSA) is 43.4 Å². The summed E-state index contributed by atoms with van der Waals surface area (Å²) in [7, 11) is 1.63. The van der Waals surface area contributed by atoms with Crippen LogP contribution in [0.25, 0.3) is 0 Å². The molecule has 5 aromatic carbocycles. The molecule has 5 rings (SSSR count). The third-order valence-corrected chi connectivity index (χ3v) is 7.22. The van der Waals surface area contributed by atoms with Gasteiger partial charge in [0.05, 0.1) is 18.9 Å². The molecule has 0 aromatic heterocycles. The van der Waals surface area contributed by atoms with Crippen LogP contribution >= 0.6 is 0 Å². The van der Waals surface area contributed by atoms with E-state index in [-0.39, 0.29) is 11.6 Å². The highest BCUT2D eigenvalue weighted by molar-refractivity contribution is 6.05. The van der Waals surface area contributed by atoms with Gasteiger partial charge in [-0.3, -0.25) is 9.59 Å². The summed E-state index contributed by atoms with van der Waals surface area (Å²) in [6, 6.07) is 46.1. The minimum absolute atomic E-state index is 0.0237. The summed E-state index contributed by atoms with van der Waals surface area (Å²) in [5.41, 5.74) is 3.86. The molecule has 0 aliphatic heterocycles. The lowest BCUT2D eigenvalue weighted by Crippen LogP contribution is -2.30. The normalized spacial score (nSPS) is 13.2. The molecular formula is C36H30O3. The van der Waals surface area contributed by atoms with E-state index in [4.69, 9.17) is 4.74 Å². The van der Waals surface area contributed by atoms with E-state index < -0.39 is 17.8 Å². The molecule has 0 radical (unpaired) electrons. The van der Waals surface area contributed by atoms with Crippen LogP contribution in [0.1, 0.15) is 55.2 Å². The van der Waals surface area contributed by atoms with E-state index in [1.165, 1.54) is 0 Å². The van der Waals surface area contributed by atoms with E-state index in [1.54, 1.807) is 7.11 Å². The first-order chi connectivity index (χ1) is 19.2. The van der Waals surface area contributed by atoms with Crippen LogP contribution in [0.3, 0.4) is 0 Å². The summed E-state index contributed by atoms with van der Waals surface area (Å²) in [5.74, 6) is -1.04. The van der Waals surface area contributed by atoms with Crippen molar-refractivity contribution in [3.05, 3.63) is 173 Å². The van der Waals surface area contributed by atoms with Gasteiger partial charge >= 0.3 is 0 Å². The molecule has 0 fully saturated rings. The van der Waals surface area contributed by atoms with Crippen molar-refractivity contribution in [3.8, 4) is 5.75 Å². The first kappa shape index (κ1) is 25.9. The van der Waals surface area contributed by atoms with Crippen LogP contribution in [0.5, 0.6) is 5.75 Å². The van der Waals surface area contributed by atoms with Crippen molar-refractivity contribution in [2.45, 2.75) is 17.8 Å². The van der Waals surface area contributed by atoms with Gasteiger partial charge in [0.2, 0.25) is 0 Å². The summed E-state index contributed by atoms with van der Waals surface area (Å²) >= 11 is 0. The summed E-state index contributed by atoms with van der Waals surface area (Å²) in [5, 5.41) is 0. The Hall–Kier alpha value is -4.76. The van der Waals surface area contributed by atoms with Crippen LogP contribution in [0.15, 0.2) is 146 Å². The highest BCUT2D eigenvalue weighted by Crippen LogP contribution is 2.47. The maximum absolute atomic E-state index is 14.4. The van der Waals surface area contributed by atoms with Crippen LogP contribution < -0.4 is 4.74 Å². The third kappa shape index (κ3) is 5.73. The Bertz CT molecular complexity index is 1400.